The van der Waals surface area contributed by atoms with E-state index in [1.807, 2.05) is 0 Å². The molecule has 0 heterocycles. The lowest BCUT2D eigenvalue weighted by Gasteiger charge is -2.15. The molecule has 11 heavy (non-hydrogen) atoms. The van der Waals surface area contributed by atoms with Crippen LogP contribution >= 0.6 is 0 Å². The lowest BCUT2D eigenvalue weighted by Crippen LogP contribution is -2.13. The van der Waals surface area contributed by atoms with Crippen LogP contribution in [0.2, 0.25) is 0 Å². The number of aliphatic hydroxyl groups excluding tert-OH is 1. The summed E-state index contributed by atoms with van der Waals surface area (Å²) in [5.74, 6) is 0. The molecule has 0 aliphatic rings. The van der Waals surface area contributed by atoms with E-state index in [9.17, 15) is 4.79 Å². The monoisotopic (exact) mass is 153 g/mol. The van der Waals surface area contributed by atoms with Crippen LogP contribution in [0, 0.1) is 16.7 Å². The summed E-state index contributed by atoms with van der Waals surface area (Å²) in [5.41, 5.74) is -0.435. The first-order chi connectivity index (χ1) is 5.05. The minimum atomic E-state index is -0.494. The number of hydrogen-bond acceptors (Lipinski definition) is 3. The highest BCUT2D eigenvalue weighted by Crippen LogP contribution is 2.16. The summed E-state index contributed by atoms with van der Waals surface area (Å²) in [5, 5.41) is 17.1. The molecule has 60 valence electrons. The average Bonchev–Trinajstić information content (AvgIpc) is 2.00. The third-order valence-corrected chi connectivity index (χ3v) is 1.21. The number of nitriles is 1. The molecule has 0 atom stereocenters. The molecule has 0 aromatic carbocycles. The summed E-state index contributed by atoms with van der Waals surface area (Å²) < 4.78 is 0. The quantitative estimate of drug-likeness (QED) is 0.368. The predicted octanol–water partition coefficient (Wildman–Crippen LogP) is 0.654. The summed E-state index contributed by atoms with van der Waals surface area (Å²) in [6.07, 6.45) is 1.94. The van der Waals surface area contributed by atoms with E-state index in [4.69, 9.17) is 10.4 Å². The molecule has 0 spiro atoms. The average molecular weight is 153 g/mol. The Kier molecular flexibility index (Phi) is 3.49. The number of carbonyl (C=O) groups excluding carboxylic acids is 1. The fourth-order valence-corrected chi connectivity index (χ4v) is 0.559. The standard InChI is InChI=1S/C8H11NO2/c1-8(2,6-11)3-7(4-9)5-10/h3,5,11H,6H2,1-2H3/b7-3+. The van der Waals surface area contributed by atoms with Gasteiger partial charge in [-0.15, -0.1) is 0 Å². The van der Waals surface area contributed by atoms with Crippen molar-refractivity contribution in [3.05, 3.63) is 11.6 Å². The van der Waals surface area contributed by atoms with Crippen molar-refractivity contribution in [3.8, 4) is 6.07 Å². The van der Waals surface area contributed by atoms with E-state index in [2.05, 4.69) is 0 Å². The molecule has 0 aromatic rings. The molecule has 0 aliphatic carbocycles. The Morgan fingerprint density at radius 2 is 2.27 bits per heavy atom. The van der Waals surface area contributed by atoms with Gasteiger partial charge in [0.15, 0.2) is 6.29 Å². The van der Waals surface area contributed by atoms with Gasteiger partial charge in [-0.3, -0.25) is 4.79 Å². The van der Waals surface area contributed by atoms with Crippen molar-refractivity contribution in [2.24, 2.45) is 5.41 Å². The SMILES string of the molecule is CC(C)(/C=C(\C#N)C=O)CO. The van der Waals surface area contributed by atoms with Gasteiger partial charge in [0.05, 0.1) is 12.2 Å². The highest BCUT2D eigenvalue weighted by Gasteiger charge is 2.13. The highest BCUT2D eigenvalue weighted by molar-refractivity contribution is 5.79. The van der Waals surface area contributed by atoms with E-state index in [-0.39, 0.29) is 12.2 Å². The molecule has 0 fully saturated rings. The molecule has 0 bridgehead atoms. The Balaban J connectivity index is 4.53. The maximum absolute atomic E-state index is 10.2. The molecule has 0 saturated carbocycles. The Bertz CT molecular complexity index is 211. The first-order valence-electron chi connectivity index (χ1n) is 3.25. The molecule has 0 radical (unpaired) electrons. The molecule has 0 saturated heterocycles. The maximum atomic E-state index is 10.2. The minimum Gasteiger partial charge on any atom is -0.395 e. The Morgan fingerprint density at radius 1 is 1.73 bits per heavy atom. The molecule has 1 N–H and O–H groups in total. The fraction of sp³-hybridized carbons (Fsp3) is 0.500. The van der Waals surface area contributed by atoms with Gasteiger partial charge in [-0.1, -0.05) is 19.9 Å². The van der Waals surface area contributed by atoms with Crippen LogP contribution in [-0.2, 0) is 4.79 Å². The third-order valence-electron chi connectivity index (χ3n) is 1.21. The van der Waals surface area contributed by atoms with Crippen LogP contribution < -0.4 is 0 Å². The van der Waals surface area contributed by atoms with E-state index in [0.717, 1.165) is 0 Å². The first-order valence-corrected chi connectivity index (χ1v) is 3.25. The molecule has 0 rings (SSSR count). The number of carbonyl (C=O) groups is 1. The first kappa shape index (κ1) is 9.86. The molecule has 0 unspecified atom stereocenters. The smallest absolute Gasteiger partial charge is 0.160 e. The van der Waals surface area contributed by atoms with Gasteiger partial charge in [-0.25, -0.2) is 0 Å². The molecular weight excluding hydrogens is 142 g/mol. The van der Waals surface area contributed by atoms with E-state index < -0.39 is 5.41 Å². The van der Waals surface area contributed by atoms with Crippen molar-refractivity contribution in [2.75, 3.05) is 6.61 Å². The van der Waals surface area contributed by atoms with E-state index in [0.29, 0.717) is 6.29 Å². The zero-order valence-electron chi connectivity index (χ0n) is 6.66. The third kappa shape index (κ3) is 3.54. The van der Waals surface area contributed by atoms with Crippen molar-refractivity contribution >= 4 is 6.29 Å². The van der Waals surface area contributed by atoms with Gasteiger partial charge in [0, 0.05) is 5.41 Å². The van der Waals surface area contributed by atoms with Gasteiger partial charge in [0.25, 0.3) is 0 Å². The normalized spacial score (nSPS) is 12.4. The van der Waals surface area contributed by atoms with Crippen molar-refractivity contribution in [2.45, 2.75) is 13.8 Å². The second-order valence-corrected chi connectivity index (χ2v) is 2.98. The molecule has 0 aromatic heterocycles. The number of hydrogen-bond donors (Lipinski definition) is 1. The fourth-order valence-electron chi connectivity index (χ4n) is 0.559. The maximum Gasteiger partial charge on any atom is 0.160 e. The second kappa shape index (κ2) is 3.89. The summed E-state index contributed by atoms with van der Waals surface area (Å²) in [4.78, 5) is 10.2. The van der Waals surface area contributed by atoms with Gasteiger partial charge < -0.3 is 5.11 Å². The van der Waals surface area contributed by atoms with Gasteiger partial charge in [-0.2, -0.15) is 5.26 Å². The molecule has 3 heteroatoms. The molecule has 3 nitrogen and oxygen atoms in total. The van der Waals surface area contributed by atoms with Crippen LogP contribution in [0.25, 0.3) is 0 Å². The summed E-state index contributed by atoms with van der Waals surface area (Å²) in [6.45, 7) is 3.41. The van der Waals surface area contributed by atoms with Crippen LogP contribution in [0.5, 0.6) is 0 Å². The van der Waals surface area contributed by atoms with Crippen LogP contribution in [0.3, 0.4) is 0 Å². The van der Waals surface area contributed by atoms with Gasteiger partial charge in [0.2, 0.25) is 0 Å². The van der Waals surface area contributed by atoms with Crippen LogP contribution in [-0.4, -0.2) is 18.0 Å². The molecule has 0 amide bonds. The summed E-state index contributed by atoms with van der Waals surface area (Å²) >= 11 is 0. The van der Waals surface area contributed by atoms with Gasteiger partial charge >= 0.3 is 0 Å². The molecular formula is C8H11NO2. The van der Waals surface area contributed by atoms with E-state index in [1.165, 1.54) is 6.08 Å². The summed E-state index contributed by atoms with van der Waals surface area (Å²) in [6, 6.07) is 1.72. The van der Waals surface area contributed by atoms with Crippen molar-refractivity contribution < 1.29 is 9.90 Å². The van der Waals surface area contributed by atoms with Crippen molar-refractivity contribution in [3.63, 3.8) is 0 Å². The predicted molar refractivity (Wildman–Crippen MR) is 40.6 cm³/mol. The van der Waals surface area contributed by atoms with Gasteiger partial charge in [0.1, 0.15) is 6.07 Å². The van der Waals surface area contributed by atoms with Crippen LogP contribution in [0.1, 0.15) is 13.8 Å². The lowest BCUT2D eigenvalue weighted by molar-refractivity contribution is -0.104. The number of nitrogens with zero attached hydrogens (tertiary/aromatic N) is 1. The number of rotatable bonds is 3. The highest BCUT2D eigenvalue weighted by atomic mass is 16.3. The zero-order valence-corrected chi connectivity index (χ0v) is 6.66. The number of allylic oxidation sites excluding steroid dienone is 1. The van der Waals surface area contributed by atoms with Crippen LogP contribution in [0.15, 0.2) is 11.6 Å². The number of aldehydes is 1. The van der Waals surface area contributed by atoms with Crippen LogP contribution in [0.4, 0.5) is 0 Å². The zero-order chi connectivity index (χ0) is 8.91. The second-order valence-electron chi connectivity index (χ2n) is 2.98. The van der Waals surface area contributed by atoms with Gasteiger partial charge in [-0.05, 0) is 0 Å². The minimum absolute atomic E-state index is 0.0593. The lowest BCUT2D eigenvalue weighted by atomic mass is 9.92. The van der Waals surface area contributed by atoms with Crippen molar-refractivity contribution in [1.29, 1.82) is 5.26 Å². The summed E-state index contributed by atoms with van der Waals surface area (Å²) in [7, 11) is 0. The Hall–Kier alpha value is -1.14. The topological polar surface area (TPSA) is 61.1 Å². The number of aliphatic hydroxyl groups is 1. The van der Waals surface area contributed by atoms with E-state index in [1.54, 1.807) is 19.9 Å². The Labute approximate surface area is 66.0 Å². The Morgan fingerprint density at radius 3 is 2.55 bits per heavy atom. The largest absolute Gasteiger partial charge is 0.395 e. The van der Waals surface area contributed by atoms with Crippen molar-refractivity contribution in [1.82, 2.24) is 0 Å². The van der Waals surface area contributed by atoms with E-state index >= 15 is 0 Å². The molecule has 0 aliphatic heterocycles.